The van der Waals surface area contributed by atoms with Crippen LogP contribution in [0.4, 0.5) is 5.69 Å². The van der Waals surface area contributed by atoms with Gasteiger partial charge in [-0.2, -0.15) is 0 Å². The lowest BCUT2D eigenvalue weighted by atomic mass is 9.95. The third-order valence-electron chi connectivity index (χ3n) is 4.01. The summed E-state index contributed by atoms with van der Waals surface area (Å²) in [5.41, 5.74) is 3.79. The van der Waals surface area contributed by atoms with Gasteiger partial charge in [-0.05, 0) is 30.5 Å². The maximum Gasteiger partial charge on any atom is 0.227 e. The van der Waals surface area contributed by atoms with E-state index in [2.05, 4.69) is 16.4 Å². The number of methoxy groups -OCH3 is 1. The zero-order chi connectivity index (χ0) is 16.2. The number of amides is 1. The van der Waals surface area contributed by atoms with E-state index in [4.69, 9.17) is 9.47 Å². The van der Waals surface area contributed by atoms with Crippen molar-refractivity contribution in [3.8, 4) is 5.88 Å². The van der Waals surface area contributed by atoms with Gasteiger partial charge >= 0.3 is 0 Å². The second kappa shape index (κ2) is 6.79. The van der Waals surface area contributed by atoms with E-state index >= 15 is 0 Å². The molecule has 120 valence electrons. The Hall–Kier alpha value is -2.40. The van der Waals surface area contributed by atoms with Crippen LogP contribution in [-0.2, 0) is 16.0 Å². The van der Waals surface area contributed by atoms with E-state index < -0.39 is 0 Å². The van der Waals surface area contributed by atoms with Gasteiger partial charge in [0.25, 0.3) is 0 Å². The summed E-state index contributed by atoms with van der Waals surface area (Å²) < 4.78 is 10.9. The minimum absolute atomic E-state index is 0.0817. The first-order valence-corrected chi connectivity index (χ1v) is 7.68. The van der Waals surface area contributed by atoms with Gasteiger partial charge in [0.1, 0.15) is 0 Å². The first kappa shape index (κ1) is 15.5. The van der Waals surface area contributed by atoms with Crippen LogP contribution in [0.25, 0.3) is 0 Å². The number of ether oxygens (including phenoxy) is 2. The van der Waals surface area contributed by atoms with Crippen LogP contribution in [0.15, 0.2) is 36.4 Å². The minimum atomic E-state index is -0.188. The number of fused-ring (bicyclic) bond motifs is 1. The van der Waals surface area contributed by atoms with Gasteiger partial charge in [0.2, 0.25) is 11.8 Å². The summed E-state index contributed by atoms with van der Waals surface area (Å²) in [7, 11) is 1.57. The van der Waals surface area contributed by atoms with Crippen LogP contribution in [0.3, 0.4) is 0 Å². The number of anilines is 1. The number of aromatic nitrogens is 1. The maximum absolute atomic E-state index is 12.3. The molecule has 23 heavy (non-hydrogen) atoms. The van der Waals surface area contributed by atoms with Crippen LogP contribution in [-0.4, -0.2) is 24.6 Å². The first-order valence-electron chi connectivity index (χ1n) is 7.68. The predicted molar refractivity (Wildman–Crippen MR) is 87.6 cm³/mol. The molecule has 2 aromatic rings. The van der Waals surface area contributed by atoms with Gasteiger partial charge in [-0.25, -0.2) is 4.98 Å². The fraction of sp³-hybridized carbons (Fsp3) is 0.333. The summed E-state index contributed by atoms with van der Waals surface area (Å²) >= 11 is 0. The largest absolute Gasteiger partial charge is 0.481 e. The summed E-state index contributed by atoms with van der Waals surface area (Å²) in [4.78, 5) is 16.6. The SMILES string of the molecule is COc1ccc(NC(=O)C[C@@H]2OCCc3ccccc32)c(C)n1. The Labute approximate surface area is 135 Å². The molecule has 0 saturated heterocycles. The van der Waals surface area contributed by atoms with Crippen LogP contribution in [0.5, 0.6) is 5.88 Å². The van der Waals surface area contributed by atoms with Gasteiger partial charge < -0.3 is 14.8 Å². The molecule has 1 atom stereocenters. The van der Waals surface area contributed by atoms with E-state index in [0.29, 0.717) is 24.6 Å². The molecule has 2 heterocycles. The Kier molecular flexibility index (Phi) is 4.57. The normalized spacial score (nSPS) is 16.5. The molecule has 1 aromatic heterocycles. The van der Waals surface area contributed by atoms with Crippen molar-refractivity contribution in [2.45, 2.75) is 25.9 Å². The first-order chi connectivity index (χ1) is 11.2. The van der Waals surface area contributed by atoms with Gasteiger partial charge in [-0.3, -0.25) is 4.79 Å². The van der Waals surface area contributed by atoms with Gasteiger partial charge in [-0.15, -0.1) is 0 Å². The predicted octanol–water partition coefficient (Wildman–Crippen LogP) is 3.04. The number of carbonyl (C=O) groups excluding carboxylic acids is 1. The quantitative estimate of drug-likeness (QED) is 0.942. The molecule has 1 aliphatic rings. The molecule has 0 radical (unpaired) electrons. The Morgan fingerprint density at radius 2 is 2.17 bits per heavy atom. The lowest BCUT2D eigenvalue weighted by Gasteiger charge is -2.25. The summed E-state index contributed by atoms with van der Waals surface area (Å²) in [5.74, 6) is 0.451. The number of nitrogens with zero attached hydrogens (tertiary/aromatic N) is 1. The molecule has 1 aliphatic heterocycles. The molecular formula is C18H20N2O3. The van der Waals surface area contributed by atoms with Crippen LogP contribution in [0, 0.1) is 6.92 Å². The third kappa shape index (κ3) is 3.51. The second-order valence-electron chi connectivity index (χ2n) is 5.55. The van der Waals surface area contributed by atoms with Crippen molar-refractivity contribution in [3.05, 3.63) is 53.2 Å². The molecule has 0 saturated carbocycles. The molecule has 0 aliphatic carbocycles. The van der Waals surface area contributed by atoms with Gasteiger partial charge in [0.15, 0.2) is 0 Å². The Morgan fingerprint density at radius 1 is 1.35 bits per heavy atom. The number of hydrogen-bond acceptors (Lipinski definition) is 4. The van der Waals surface area contributed by atoms with Crippen molar-refractivity contribution >= 4 is 11.6 Å². The van der Waals surface area contributed by atoms with Crippen molar-refractivity contribution in [2.24, 2.45) is 0 Å². The number of pyridine rings is 1. The highest BCUT2D eigenvalue weighted by molar-refractivity contribution is 5.91. The number of hydrogen-bond donors (Lipinski definition) is 1. The van der Waals surface area contributed by atoms with Crippen molar-refractivity contribution in [2.75, 3.05) is 19.0 Å². The van der Waals surface area contributed by atoms with Crippen molar-refractivity contribution in [1.29, 1.82) is 0 Å². The Balaban J connectivity index is 1.69. The molecular weight excluding hydrogens is 292 g/mol. The van der Waals surface area contributed by atoms with E-state index in [1.54, 1.807) is 19.2 Å². The Bertz CT molecular complexity index is 715. The molecule has 1 amide bonds. The highest BCUT2D eigenvalue weighted by atomic mass is 16.5. The van der Waals surface area contributed by atoms with Crippen molar-refractivity contribution < 1.29 is 14.3 Å². The summed E-state index contributed by atoms with van der Waals surface area (Å²) in [6.45, 7) is 2.49. The average Bonchev–Trinajstić information content (AvgIpc) is 2.57. The number of carbonyl (C=O) groups is 1. The van der Waals surface area contributed by atoms with E-state index in [0.717, 1.165) is 17.7 Å². The minimum Gasteiger partial charge on any atom is -0.481 e. The van der Waals surface area contributed by atoms with E-state index in [1.165, 1.54) is 5.56 Å². The van der Waals surface area contributed by atoms with E-state index in [1.807, 2.05) is 25.1 Å². The topological polar surface area (TPSA) is 60.5 Å². The molecule has 5 heteroatoms. The molecule has 3 rings (SSSR count). The zero-order valence-corrected chi connectivity index (χ0v) is 13.3. The Morgan fingerprint density at radius 3 is 2.96 bits per heavy atom. The van der Waals surface area contributed by atoms with Crippen molar-refractivity contribution in [1.82, 2.24) is 4.98 Å². The molecule has 5 nitrogen and oxygen atoms in total. The highest BCUT2D eigenvalue weighted by Crippen LogP contribution is 2.30. The fourth-order valence-electron chi connectivity index (χ4n) is 2.80. The number of rotatable bonds is 4. The van der Waals surface area contributed by atoms with Crippen LogP contribution >= 0.6 is 0 Å². The average molecular weight is 312 g/mol. The molecule has 1 N–H and O–H groups in total. The summed E-state index contributed by atoms with van der Waals surface area (Å²) in [6, 6.07) is 11.7. The van der Waals surface area contributed by atoms with E-state index in [9.17, 15) is 4.79 Å². The maximum atomic E-state index is 12.3. The van der Waals surface area contributed by atoms with Gasteiger partial charge in [-0.1, -0.05) is 24.3 Å². The lowest BCUT2D eigenvalue weighted by Crippen LogP contribution is -2.22. The molecule has 0 unspecified atom stereocenters. The molecule has 0 spiro atoms. The fourth-order valence-corrected chi connectivity index (χ4v) is 2.80. The van der Waals surface area contributed by atoms with Crippen LogP contribution in [0.2, 0.25) is 0 Å². The van der Waals surface area contributed by atoms with Crippen LogP contribution in [0.1, 0.15) is 29.3 Å². The number of benzene rings is 1. The standard InChI is InChI=1S/C18H20N2O3/c1-12-15(7-8-18(19-12)22-2)20-17(21)11-16-14-6-4-3-5-13(14)9-10-23-16/h3-8,16H,9-11H2,1-2H3,(H,20,21)/t16-/m0/s1. The molecule has 0 bridgehead atoms. The van der Waals surface area contributed by atoms with Crippen LogP contribution < -0.4 is 10.1 Å². The summed E-state index contributed by atoms with van der Waals surface area (Å²) in [5, 5.41) is 2.90. The molecule has 1 aromatic carbocycles. The zero-order valence-electron chi connectivity index (χ0n) is 13.3. The van der Waals surface area contributed by atoms with Gasteiger partial charge in [0, 0.05) is 6.07 Å². The lowest BCUT2D eigenvalue weighted by molar-refractivity contribution is -0.119. The number of aryl methyl sites for hydroxylation is 1. The van der Waals surface area contributed by atoms with E-state index in [-0.39, 0.29) is 12.0 Å². The monoisotopic (exact) mass is 312 g/mol. The smallest absolute Gasteiger partial charge is 0.227 e. The summed E-state index contributed by atoms with van der Waals surface area (Å²) in [6.07, 6.45) is 1.00. The molecule has 0 fully saturated rings. The number of nitrogens with one attached hydrogen (secondary N) is 1. The third-order valence-corrected chi connectivity index (χ3v) is 4.01. The highest BCUT2D eigenvalue weighted by Gasteiger charge is 2.23. The van der Waals surface area contributed by atoms with Gasteiger partial charge in [0.05, 0.1) is 37.6 Å². The second-order valence-corrected chi connectivity index (χ2v) is 5.55. The van der Waals surface area contributed by atoms with Crippen molar-refractivity contribution in [3.63, 3.8) is 0 Å².